The van der Waals surface area contributed by atoms with E-state index in [2.05, 4.69) is 10.6 Å². The molecule has 0 heterocycles. The summed E-state index contributed by atoms with van der Waals surface area (Å²) in [5.41, 5.74) is 4.65. The van der Waals surface area contributed by atoms with Gasteiger partial charge in [-0.25, -0.2) is 0 Å². The van der Waals surface area contributed by atoms with Crippen LogP contribution >= 0.6 is 0 Å². The van der Waals surface area contributed by atoms with Crippen LogP contribution in [-0.2, 0) is 9.59 Å². The van der Waals surface area contributed by atoms with Gasteiger partial charge >= 0.3 is 0 Å². The molecule has 0 radical (unpaired) electrons. The van der Waals surface area contributed by atoms with Gasteiger partial charge in [0.1, 0.15) is 0 Å². The second-order valence-electron chi connectivity index (χ2n) is 5.84. The average molecular weight is 255 g/mol. The highest BCUT2D eigenvalue weighted by molar-refractivity contribution is 5.82. The van der Waals surface area contributed by atoms with E-state index in [-0.39, 0.29) is 17.9 Å². The molecule has 1 aliphatic carbocycles. The lowest BCUT2D eigenvalue weighted by Crippen LogP contribution is -2.49. The lowest BCUT2D eigenvalue weighted by atomic mass is 9.92. The fourth-order valence-corrected chi connectivity index (χ4v) is 1.98. The molecule has 18 heavy (non-hydrogen) atoms. The van der Waals surface area contributed by atoms with Gasteiger partial charge in [0.15, 0.2) is 0 Å². The molecule has 1 saturated carbocycles. The molecule has 5 nitrogen and oxygen atoms in total. The van der Waals surface area contributed by atoms with Crippen molar-refractivity contribution in [3.05, 3.63) is 0 Å². The molecule has 0 aromatic carbocycles. The van der Waals surface area contributed by atoms with Gasteiger partial charge in [0, 0.05) is 12.6 Å². The number of amides is 2. The number of hydrogen-bond donors (Lipinski definition) is 3. The molecule has 1 fully saturated rings. The van der Waals surface area contributed by atoms with Crippen LogP contribution in [0.15, 0.2) is 0 Å². The molecule has 0 saturated heterocycles. The molecule has 1 aliphatic rings. The molecule has 5 heteroatoms. The number of nitrogens with one attached hydrogen (secondary N) is 2. The minimum Gasteiger partial charge on any atom is -0.369 e. The van der Waals surface area contributed by atoms with Crippen LogP contribution in [0.2, 0.25) is 0 Å². The highest BCUT2D eigenvalue weighted by atomic mass is 16.2. The van der Waals surface area contributed by atoms with E-state index in [1.807, 2.05) is 0 Å². The fraction of sp³-hybridized carbons (Fsp3) is 0.846. The Hall–Kier alpha value is -1.10. The monoisotopic (exact) mass is 255 g/mol. The molecule has 1 atom stereocenters. The van der Waals surface area contributed by atoms with Crippen LogP contribution in [0, 0.1) is 5.41 Å². The molecule has 1 unspecified atom stereocenters. The van der Waals surface area contributed by atoms with Crippen LogP contribution < -0.4 is 16.4 Å². The van der Waals surface area contributed by atoms with Crippen molar-refractivity contribution in [2.75, 3.05) is 6.54 Å². The predicted molar refractivity (Wildman–Crippen MR) is 70.8 cm³/mol. The Morgan fingerprint density at radius 2 is 1.89 bits per heavy atom. The van der Waals surface area contributed by atoms with Crippen molar-refractivity contribution >= 4 is 11.8 Å². The summed E-state index contributed by atoms with van der Waals surface area (Å²) in [6.07, 6.45) is 4.54. The Morgan fingerprint density at radius 1 is 1.33 bits per heavy atom. The maximum absolute atomic E-state index is 11.9. The number of nitrogens with two attached hydrogens (primary N) is 1. The molecule has 1 rings (SSSR count). The van der Waals surface area contributed by atoms with Crippen LogP contribution in [0.4, 0.5) is 0 Å². The third kappa shape index (κ3) is 4.29. The average Bonchev–Trinajstić information content (AvgIpc) is 2.78. The van der Waals surface area contributed by atoms with E-state index < -0.39 is 5.41 Å². The minimum absolute atomic E-state index is 0.00201. The summed E-state index contributed by atoms with van der Waals surface area (Å²) in [6.45, 7) is 5.75. The van der Waals surface area contributed by atoms with Gasteiger partial charge in [0.05, 0.1) is 11.5 Å². The molecular formula is C13H25N3O2. The van der Waals surface area contributed by atoms with Crippen molar-refractivity contribution < 1.29 is 9.59 Å². The standard InChI is InChI=1S/C13H25N3O2/c1-9(15-8-13(2,3)12(14)18)11(17)16-10-6-4-5-7-10/h9-10,15H,4-8H2,1-3H3,(H2,14,18)(H,16,17). The Labute approximate surface area is 109 Å². The molecule has 4 N–H and O–H groups in total. The lowest BCUT2D eigenvalue weighted by molar-refractivity contribution is -0.127. The largest absolute Gasteiger partial charge is 0.369 e. The lowest BCUT2D eigenvalue weighted by Gasteiger charge is -2.24. The van der Waals surface area contributed by atoms with E-state index in [9.17, 15) is 9.59 Å². The van der Waals surface area contributed by atoms with Crippen molar-refractivity contribution in [2.45, 2.75) is 58.5 Å². The first-order valence-corrected chi connectivity index (χ1v) is 6.66. The minimum atomic E-state index is -0.637. The number of rotatable bonds is 6. The third-order valence-electron chi connectivity index (χ3n) is 3.61. The predicted octanol–water partition coefficient (Wildman–Crippen LogP) is 0.535. The van der Waals surface area contributed by atoms with E-state index >= 15 is 0 Å². The third-order valence-corrected chi connectivity index (χ3v) is 3.61. The molecular weight excluding hydrogens is 230 g/mol. The van der Waals surface area contributed by atoms with Gasteiger partial charge in [-0.05, 0) is 33.6 Å². The Bertz CT molecular complexity index is 309. The van der Waals surface area contributed by atoms with E-state index in [0.717, 1.165) is 12.8 Å². The first kappa shape index (κ1) is 15.0. The first-order chi connectivity index (χ1) is 8.33. The van der Waals surface area contributed by atoms with Crippen molar-refractivity contribution in [3.8, 4) is 0 Å². The SMILES string of the molecule is CC(NCC(C)(C)C(N)=O)C(=O)NC1CCCC1. The molecule has 0 aromatic rings. The summed E-state index contributed by atoms with van der Waals surface area (Å²) in [5.74, 6) is -0.361. The maximum Gasteiger partial charge on any atom is 0.237 e. The van der Waals surface area contributed by atoms with Crippen molar-refractivity contribution in [1.29, 1.82) is 0 Å². The van der Waals surface area contributed by atoms with Crippen LogP contribution in [-0.4, -0.2) is 30.4 Å². The molecule has 0 bridgehead atoms. The van der Waals surface area contributed by atoms with Crippen LogP contribution in [0.3, 0.4) is 0 Å². The zero-order valence-corrected chi connectivity index (χ0v) is 11.6. The van der Waals surface area contributed by atoms with E-state index in [1.165, 1.54) is 12.8 Å². The van der Waals surface area contributed by atoms with Crippen LogP contribution in [0.25, 0.3) is 0 Å². The van der Waals surface area contributed by atoms with Crippen molar-refractivity contribution in [2.24, 2.45) is 11.1 Å². The van der Waals surface area contributed by atoms with E-state index in [1.54, 1.807) is 20.8 Å². The van der Waals surface area contributed by atoms with Crippen LogP contribution in [0.5, 0.6) is 0 Å². The fourth-order valence-electron chi connectivity index (χ4n) is 1.98. The Kier molecular flexibility index (Phi) is 5.14. The summed E-state index contributed by atoms with van der Waals surface area (Å²) < 4.78 is 0. The van der Waals surface area contributed by atoms with Gasteiger partial charge in [0.2, 0.25) is 11.8 Å². The van der Waals surface area contributed by atoms with Gasteiger partial charge in [-0.1, -0.05) is 12.8 Å². The van der Waals surface area contributed by atoms with Gasteiger partial charge in [-0.15, -0.1) is 0 Å². The second-order valence-corrected chi connectivity index (χ2v) is 5.84. The zero-order valence-electron chi connectivity index (χ0n) is 11.6. The molecule has 0 aromatic heterocycles. The Morgan fingerprint density at radius 3 is 2.39 bits per heavy atom. The van der Waals surface area contributed by atoms with Gasteiger partial charge in [-0.3, -0.25) is 9.59 Å². The highest BCUT2D eigenvalue weighted by Crippen LogP contribution is 2.17. The first-order valence-electron chi connectivity index (χ1n) is 6.66. The highest BCUT2D eigenvalue weighted by Gasteiger charge is 2.27. The number of hydrogen-bond acceptors (Lipinski definition) is 3. The summed E-state index contributed by atoms with van der Waals surface area (Å²) in [4.78, 5) is 23.1. The maximum atomic E-state index is 11.9. The quantitative estimate of drug-likeness (QED) is 0.647. The van der Waals surface area contributed by atoms with Gasteiger partial charge < -0.3 is 16.4 Å². The van der Waals surface area contributed by atoms with Crippen LogP contribution in [0.1, 0.15) is 46.5 Å². The normalized spacial score (nSPS) is 18.6. The van der Waals surface area contributed by atoms with E-state index in [4.69, 9.17) is 5.73 Å². The summed E-state index contributed by atoms with van der Waals surface area (Å²) in [6, 6.07) is 0.0233. The molecule has 0 aliphatic heterocycles. The summed E-state index contributed by atoms with van der Waals surface area (Å²) in [7, 11) is 0. The van der Waals surface area contributed by atoms with E-state index in [0.29, 0.717) is 12.6 Å². The van der Waals surface area contributed by atoms with Crippen molar-refractivity contribution in [1.82, 2.24) is 10.6 Å². The summed E-state index contributed by atoms with van der Waals surface area (Å²) >= 11 is 0. The summed E-state index contributed by atoms with van der Waals surface area (Å²) in [5, 5.41) is 6.09. The number of carbonyl (C=O) groups is 2. The smallest absolute Gasteiger partial charge is 0.237 e. The van der Waals surface area contributed by atoms with Gasteiger partial charge in [-0.2, -0.15) is 0 Å². The Balaban J connectivity index is 2.33. The molecule has 0 spiro atoms. The number of primary amides is 1. The van der Waals surface area contributed by atoms with Gasteiger partial charge in [0.25, 0.3) is 0 Å². The topological polar surface area (TPSA) is 84.2 Å². The van der Waals surface area contributed by atoms with Crippen molar-refractivity contribution in [3.63, 3.8) is 0 Å². The molecule has 104 valence electrons. The molecule has 2 amide bonds. The zero-order chi connectivity index (χ0) is 13.8. The second kappa shape index (κ2) is 6.18. The number of carbonyl (C=O) groups excluding carboxylic acids is 2.